The van der Waals surface area contributed by atoms with Gasteiger partial charge in [0, 0.05) is 11.6 Å². The molecule has 1 heterocycles. The van der Waals surface area contributed by atoms with E-state index in [2.05, 4.69) is 4.98 Å². The van der Waals surface area contributed by atoms with Gasteiger partial charge < -0.3 is 15.3 Å². The minimum absolute atomic E-state index is 0.0885. The number of aromatic carboxylic acids is 1. The van der Waals surface area contributed by atoms with Crippen LogP contribution in [0.25, 0.3) is 0 Å². The molecule has 14 heavy (non-hydrogen) atoms. The molecule has 3 N–H and O–H groups in total. The molecule has 0 unspecified atom stereocenters. The third kappa shape index (κ3) is 2.27. The van der Waals surface area contributed by atoms with Gasteiger partial charge in [0.05, 0.1) is 13.2 Å². The molecule has 0 aliphatic heterocycles. The summed E-state index contributed by atoms with van der Waals surface area (Å²) in [6, 6.07) is 4.46. The largest absolute Gasteiger partial charge is 0.477 e. The molecule has 1 rings (SSSR count). The fourth-order valence-electron chi connectivity index (χ4n) is 1.04. The fraction of sp³-hybridized carbons (Fsp3) is 0.333. The molecule has 0 amide bonds. The number of hydrogen-bond donors (Lipinski definition) is 3. The smallest absolute Gasteiger partial charge is 0.354 e. The summed E-state index contributed by atoms with van der Waals surface area (Å²) in [5.74, 6) is -1.64. The Kier molecular flexibility index (Phi) is 3.55. The first-order valence-corrected chi connectivity index (χ1v) is 4.11. The Morgan fingerprint density at radius 3 is 2.50 bits per heavy atom. The maximum absolute atomic E-state index is 10.6. The van der Waals surface area contributed by atoms with E-state index in [1.807, 2.05) is 0 Å². The van der Waals surface area contributed by atoms with Crippen LogP contribution in [0, 0.1) is 0 Å². The molecule has 0 aromatic carbocycles. The van der Waals surface area contributed by atoms with Crippen molar-refractivity contribution in [3.8, 4) is 0 Å². The number of nitrogens with zero attached hydrogens (tertiary/aromatic N) is 1. The molecule has 0 spiro atoms. The maximum atomic E-state index is 10.6. The van der Waals surface area contributed by atoms with Gasteiger partial charge >= 0.3 is 5.97 Å². The lowest BCUT2D eigenvalue weighted by atomic mass is 10.1. The van der Waals surface area contributed by atoms with E-state index in [9.17, 15) is 4.79 Å². The summed E-state index contributed by atoms with van der Waals surface area (Å²) in [5.41, 5.74) is 0.296. The van der Waals surface area contributed by atoms with Crippen molar-refractivity contribution in [1.29, 1.82) is 0 Å². The second kappa shape index (κ2) is 4.69. The first-order chi connectivity index (χ1) is 6.69. The predicted octanol–water partition coefficient (Wildman–Crippen LogP) is -0.152. The molecular weight excluding hydrogens is 186 g/mol. The highest BCUT2D eigenvalue weighted by Gasteiger charge is 2.12. The number of aliphatic hydroxyl groups is 2. The highest BCUT2D eigenvalue weighted by molar-refractivity contribution is 5.85. The van der Waals surface area contributed by atoms with Crippen molar-refractivity contribution >= 4 is 5.97 Å². The second-order valence-corrected chi connectivity index (χ2v) is 2.81. The van der Waals surface area contributed by atoms with Crippen LogP contribution >= 0.6 is 0 Å². The van der Waals surface area contributed by atoms with E-state index in [-0.39, 0.29) is 18.9 Å². The average molecular weight is 197 g/mol. The summed E-state index contributed by atoms with van der Waals surface area (Å²) in [7, 11) is 0. The van der Waals surface area contributed by atoms with E-state index in [0.29, 0.717) is 5.69 Å². The number of pyridine rings is 1. The first-order valence-electron chi connectivity index (χ1n) is 4.11. The normalized spacial score (nSPS) is 10.5. The zero-order valence-corrected chi connectivity index (χ0v) is 7.42. The monoisotopic (exact) mass is 197 g/mol. The van der Waals surface area contributed by atoms with E-state index in [1.165, 1.54) is 12.1 Å². The van der Waals surface area contributed by atoms with Crippen molar-refractivity contribution in [1.82, 2.24) is 4.98 Å². The summed E-state index contributed by atoms with van der Waals surface area (Å²) in [5, 5.41) is 26.4. The van der Waals surface area contributed by atoms with Gasteiger partial charge in [-0.05, 0) is 12.1 Å². The number of carboxylic acid groups (broad SMARTS) is 1. The van der Waals surface area contributed by atoms with Gasteiger partial charge in [0.25, 0.3) is 0 Å². The Morgan fingerprint density at radius 1 is 1.36 bits per heavy atom. The zero-order chi connectivity index (χ0) is 10.6. The van der Waals surface area contributed by atoms with Crippen molar-refractivity contribution < 1.29 is 20.1 Å². The topological polar surface area (TPSA) is 90.7 Å². The maximum Gasteiger partial charge on any atom is 0.354 e. The molecule has 0 aliphatic rings. The molecule has 0 bridgehead atoms. The SMILES string of the molecule is O=C(O)c1cccc(C(CO)CO)n1. The van der Waals surface area contributed by atoms with Crippen LogP contribution < -0.4 is 0 Å². The average Bonchev–Trinajstić information content (AvgIpc) is 2.20. The predicted molar refractivity (Wildman–Crippen MR) is 48.1 cm³/mol. The van der Waals surface area contributed by atoms with Gasteiger partial charge in [-0.25, -0.2) is 9.78 Å². The minimum atomic E-state index is -1.12. The van der Waals surface area contributed by atoms with Crippen LogP contribution in [0.3, 0.4) is 0 Å². The van der Waals surface area contributed by atoms with Gasteiger partial charge in [0.2, 0.25) is 0 Å². The summed E-state index contributed by atoms with van der Waals surface area (Å²) >= 11 is 0. The van der Waals surface area contributed by atoms with Crippen LogP contribution in [-0.4, -0.2) is 39.5 Å². The Balaban J connectivity index is 2.98. The lowest BCUT2D eigenvalue weighted by Crippen LogP contribution is -2.12. The molecule has 5 heteroatoms. The minimum Gasteiger partial charge on any atom is -0.477 e. The van der Waals surface area contributed by atoms with Gasteiger partial charge in [-0.3, -0.25) is 0 Å². The molecule has 5 nitrogen and oxygen atoms in total. The van der Waals surface area contributed by atoms with Crippen LogP contribution in [0.5, 0.6) is 0 Å². The van der Waals surface area contributed by atoms with Gasteiger partial charge in [0.15, 0.2) is 0 Å². The van der Waals surface area contributed by atoms with E-state index < -0.39 is 11.9 Å². The quantitative estimate of drug-likeness (QED) is 0.624. The number of hydrogen-bond acceptors (Lipinski definition) is 4. The van der Waals surface area contributed by atoms with Crippen LogP contribution in [-0.2, 0) is 0 Å². The number of carbonyl (C=O) groups is 1. The standard InChI is InChI=1S/C9H11NO4/c11-4-6(5-12)7-2-1-3-8(10-7)9(13)14/h1-3,6,11-12H,4-5H2,(H,13,14). The summed E-state index contributed by atoms with van der Waals surface area (Å²) in [4.78, 5) is 14.4. The van der Waals surface area contributed by atoms with E-state index in [4.69, 9.17) is 15.3 Å². The number of aromatic nitrogens is 1. The Labute approximate surface area is 80.7 Å². The van der Waals surface area contributed by atoms with Crippen LogP contribution in [0.4, 0.5) is 0 Å². The van der Waals surface area contributed by atoms with Gasteiger partial charge in [-0.2, -0.15) is 0 Å². The van der Waals surface area contributed by atoms with Crippen molar-refractivity contribution in [2.75, 3.05) is 13.2 Å². The molecule has 0 atom stereocenters. The van der Waals surface area contributed by atoms with Gasteiger partial charge in [0.1, 0.15) is 5.69 Å². The third-order valence-corrected chi connectivity index (χ3v) is 1.85. The van der Waals surface area contributed by atoms with Gasteiger partial charge in [-0.15, -0.1) is 0 Å². The Morgan fingerprint density at radius 2 is 2.00 bits per heavy atom. The molecule has 1 aromatic heterocycles. The third-order valence-electron chi connectivity index (χ3n) is 1.85. The number of rotatable bonds is 4. The Bertz CT molecular complexity index is 322. The van der Waals surface area contributed by atoms with Crippen LogP contribution in [0.2, 0.25) is 0 Å². The molecule has 0 aliphatic carbocycles. The lowest BCUT2D eigenvalue weighted by Gasteiger charge is -2.09. The molecule has 0 saturated heterocycles. The molecule has 76 valence electrons. The number of carboxylic acids is 1. The summed E-state index contributed by atoms with van der Waals surface area (Å²) < 4.78 is 0. The van der Waals surface area contributed by atoms with Crippen LogP contribution in [0.15, 0.2) is 18.2 Å². The van der Waals surface area contributed by atoms with Crippen molar-refractivity contribution in [3.63, 3.8) is 0 Å². The highest BCUT2D eigenvalue weighted by atomic mass is 16.4. The first kappa shape index (κ1) is 10.6. The summed E-state index contributed by atoms with van der Waals surface area (Å²) in [6.45, 7) is -0.515. The van der Waals surface area contributed by atoms with Gasteiger partial charge in [-0.1, -0.05) is 6.07 Å². The molecule has 0 saturated carbocycles. The van der Waals surface area contributed by atoms with E-state index >= 15 is 0 Å². The number of aliphatic hydroxyl groups excluding tert-OH is 2. The fourth-order valence-corrected chi connectivity index (χ4v) is 1.04. The van der Waals surface area contributed by atoms with Crippen molar-refractivity contribution in [3.05, 3.63) is 29.6 Å². The molecule has 0 fully saturated rings. The molecular formula is C9H11NO4. The lowest BCUT2D eigenvalue weighted by molar-refractivity contribution is 0.0689. The highest BCUT2D eigenvalue weighted by Crippen LogP contribution is 2.12. The van der Waals surface area contributed by atoms with E-state index in [0.717, 1.165) is 0 Å². The second-order valence-electron chi connectivity index (χ2n) is 2.81. The zero-order valence-electron chi connectivity index (χ0n) is 7.42. The molecule has 0 radical (unpaired) electrons. The molecule has 1 aromatic rings. The van der Waals surface area contributed by atoms with Crippen LogP contribution in [0.1, 0.15) is 22.1 Å². The van der Waals surface area contributed by atoms with Crippen molar-refractivity contribution in [2.24, 2.45) is 0 Å². The van der Waals surface area contributed by atoms with E-state index in [1.54, 1.807) is 6.07 Å². The Hall–Kier alpha value is -1.46. The van der Waals surface area contributed by atoms with Crippen molar-refractivity contribution in [2.45, 2.75) is 5.92 Å². The summed E-state index contributed by atoms with van der Waals surface area (Å²) in [6.07, 6.45) is 0.